The quantitative estimate of drug-likeness (QED) is 0.433. The second-order valence-corrected chi connectivity index (χ2v) is 10.1. The smallest absolute Gasteiger partial charge is 0.416 e. The summed E-state index contributed by atoms with van der Waals surface area (Å²) in [6, 6.07) is 6.29. The molecule has 3 aromatic heterocycles. The first kappa shape index (κ1) is 24.5. The van der Waals surface area contributed by atoms with E-state index in [0.29, 0.717) is 46.2 Å². The number of halogens is 1. The van der Waals surface area contributed by atoms with Crippen molar-refractivity contribution >= 4 is 22.7 Å². The molecule has 37 heavy (non-hydrogen) atoms. The Bertz CT molecular complexity index is 1580. The fourth-order valence-electron chi connectivity index (χ4n) is 4.61. The number of hydrogen-bond acceptors (Lipinski definition) is 6. The Hall–Kier alpha value is -4.21. The first-order valence-electron chi connectivity index (χ1n) is 12.0. The van der Waals surface area contributed by atoms with E-state index in [4.69, 9.17) is 9.47 Å². The van der Waals surface area contributed by atoms with Gasteiger partial charge in [0.2, 0.25) is 5.56 Å². The van der Waals surface area contributed by atoms with Crippen molar-refractivity contribution in [1.29, 1.82) is 0 Å². The van der Waals surface area contributed by atoms with Crippen LogP contribution in [0.4, 0.5) is 15.0 Å². The van der Waals surface area contributed by atoms with E-state index in [1.165, 1.54) is 23.2 Å². The topological polar surface area (TPSA) is 102 Å². The first-order valence-corrected chi connectivity index (χ1v) is 12.0. The molecule has 0 saturated carbocycles. The molecule has 1 amide bonds. The molecule has 1 aliphatic heterocycles. The first-order chi connectivity index (χ1) is 17.5. The molecule has 0 unspecified atom stereocenters. The van der Waals surface area contributed by atoms with Crippen molar-refractivity contribution in [1.82, 2.24) is 19.7 Å². The minimum Gasteiger partial charge on any atom is -0.493 e. The number of carbonyl (C=O) groups is 1. The third-order valence-electron chi connectivity index (χ3n) is 6.18. The Morgan fingerprint density at radius 3 is 2.76 bits per heavy atom. The number of nitrogens with zero attached hydrogens (tertiary/aromatic N) is 4. The van der Waals surface area contributed by atoms with Crippen molar-refractivity contribution < 1.29 is 18.7 Å². The van der Waals surface area contributed by atoms with Crippen molar-refractivity contribution in [3.05, 3.63) is 69.7 Å². The van der Waals surface area contributed by atoms with Gasteiger partial charge >= 0.3 is 6.09 Å². The zero-order valence-electron chi connectivity index (χ0n) is 21.4. The fraction of sp³-hybridized carbons (Fsp3) is 0.333. The van der Waals surface area contributed by atoms with Crippen molar-refractivity contribution in [3.8, 4) is 17.0 Å². The van der Waals surface area contributed by atoms with E-state index in [1.54, 1.807) is 37.7 Å². The van der Waals surface area contributed by atoms with Gasteiger partial charge in [0.1, 0.15) is 23.0 Å². The maximum atomic E-state index is 15.1. The van der Waals surface area contributed by atoms with Crippen LogP contribution >= 0.6 is 0 Å². The van der Waals surface area contributed by atoms with Crippen LogP contribution < -0.4 is 15.2 Å². The maximum Gasteiger partial charge on any atom is 0.416 e. The summed E-state index contributed by atoms with van der Waals surface area (Å²) < 4.78 is 28.1. The number of carbonyl (C=O) groups excluding carboxylic acids is 1. The SMILES string of the molecule is Cc1cc(-c2cnc(N(Cc3c(F)ccc4c3CCO4)C(=O)OC(C)(C)C)c3c[nH]c(=O)cc23)n(C)n1. The maximum absolute atomic E-state index is 15.1. The number of anilines is 1. The van der Waals surface area contributed by atoms with Gasteiger partial charge in [0.05, 0.1) is 24.5 Å². The number of nitrogens with one attached hydrogen (secondary N) is 1. The van der Waals surface area contributed by atoms with E-state index in [0.717, 1.165) is 11.4 Å². The van der Waals surface area contributed by atoms with Crippen LogP contribution in [0, 0.1) is 12.7 Å². The lowest BCUT2D eigenvalue weighted by molar-refractivity contribution is 0.0576. The number of amides is 1. The van der Waals surface area contributed by atoms with Crippen LogP contribution in [0.15, 0.2) is 41.5 Å². The number of aryl methyl sites for hydroxylation is 2. The number of hydrogen-bond donors (Lipinski definition) is 1. The van der Waals surface area contributed by atoms with Gasteiger partial charge in [-0.2, -0.15) is 5.10 Å². The second-order valence-electron chi connectivity index (χ2n) is 10.1. The lowest BCUT2D eigenvalue weighted by Crippen LogP contribution is -2.37. The predicted octanol–water partition coefficient (Wildman–Crippen LogP) is 4.65. The lowest BCUT2D eigenvalue weighted by Gasteiger charge is -2.28. The van der Waals surface area contributed by atoms with Crippen molar-refractivity contribution in [3.63, 3.8) is 0 Å². The van der Waals surface area contributed by atoms with E-state index < -0.39 is 17.5 Å². The summed E-state index contributed by atoms with van der Waals surface area (Å²) in [6.07, 6.45) is 2.96. The van der Waals surface area contributed by atoms with Gasteiger partial charge in [-0.15, -0.1) is 0 Å². The van der Waals surface area contributed by atoms with E-state index in [1.807, 2.05) is 20.0 Å². The zero-order chi connectivity index (χ0) is 26.5. The standard InChI is InChI=1S/C27H28FN5O4/c1-15-10-22(32(5)31-15)18-12-30-25(19-13-29-24(34)11-17(18)19)33(26(35)37-27(2,3)4)14-20-16-8-9-36-23(16)7-6-21(20)28/h6-7,10-13H,8-9,14H2,1-5H3,(H,29,34). The Morgan fingerprint density at radius 2 is 2.05 bits per heavy atom. The molecule has 0 spiro atoms. The van der Waals surface area contributed by atoms with Gasteiger partial charge in [0, 0.05) is 59.4 Å². The van der Waals surface area contributed by atoms with E-state index >= 15 is 4.39 Å². The highest BCUT2D eigenvalue weighted by Gasteiger charge is 2.30. The van der Waals surface area contributed by atoms with Crippen LogP contribution in [0.1, 0.15) is 37.6 Å². The van der Waals surface area contributed by atoms with Crippen LogP contribution in [0.5, 0.6) is 5.75 Å². The van der Waals surface area contributed by atoms with E-state index in [2.05, 4.69) is 15.1 Å². The minimum atomic E-state index is -0.800. The average Bonchev–Trinajstić information content (AvgIpc) is 3.42. The third-order valence-corrected chi connectivity index (χ3v) is 6.18. The molecule has 192 valence electrons. The fourth-order valence-corrected chi connectivity index (χ4v) is 4.61. The molecular weight excluding hydrogens is 477 g/mol. The van der Waals surface area contributed by atoms with Crippen LogP contribution in [-0.4, -0.2) is 38.0 Å². The summed E-state index contributed by atoms with van der Waals surface area (Å²) in [5, 5.41) is 5.49. The van der Waals surface area contributed by atoms with Crippen LogP contribution in [-0.2, 0) is 24.8 Å². The molecule has 0 fully saturated rings. The Balaban J connectivity index is 1.70. The van der Waals surface area contributed by atoms with Crippen LogP contribution in [0.3, 0.4) is 0 Å². The summed E-state index contributed by atoms with van der Waals surface area (Å²) in [4.78, 5) is 34.5. The number of fused-ring (bicyclic) bond motifs is 2. The molecular formula is C27H28FN5O4. The molecule has 9 nitrogen and oxygen atoms in total. The summed E-state index contributed by atoms with van der Waals surface area (Å²) in [6.45, 7) is 7.47. The third kappa shape index (κ3) is 4.66. The van der Waals surface area contributed by atoms with Gasteiger partial charge in [-0.25, -0.2) is 14.2 Å². The number of H-pyrrole nitrogens is 1. The Kier molecular flexibility index (Phi) is 5.97. The summed E-state index contributed by atoms with van der Waals surface area (Å²) in [5.41, 5.74) is 2.20. The average molecular weight is 506 g/mol. The highest BCUT2D eigenvalue weighted by molar-refractivity contribution is 6.04. The van der Waals surface area contributed by atoms with Gasteiger partial charge in [-0.3, -0.25) is 14.4 Å². The highest BCUT2D eigenvalue weighted by Crippen LogP contribution is 2.36. The molecule has 0 atom stereocenters. The molecule has 1 N–H and O–H groups in total. The summed E-state index contributed by atoms with van der Waals surface area (Å²) in [7, 11) is 1.81. The molecule has 4 aromatic rings. The molecule has 4 heterocycles. The van der Waals surface area contributed by atoms with Gasteiger partial charge in [-0.1, -0.05) is 0 Å². The number of rotatable bonds is 4. The molecule has 0 aliphatic carbocycles. The summed E-state index contributed by atoms with van der Waals surface area (Å²) in [5.74, 6) is 0.390. The van der Waals surface area contributed by atoms with Gasteiger partial charge in [0.25, 0.3) is 0 Å². The molecule has 5 rings (SSSR count). The van der Waals surface area contributed by atoms with E-state index in [-0.39, 0.29) is 17.9 Å². The van der Waals surface area contributed by atoms with Crippen LogP contribution in [0.2, 0.25) is 0 Å². The number of ether oxygens (including phenoxy) is 2. The van der Waals surface area contributed by atoms with Crippen molar-refractivity contribution in [2.75, 3.05) is 11.5 Å². The van der Waals surface area contributed by atoms with Gasteiger partial charge in [-0.05, 0) is 45.9 Å². The molecule has 0 saturated heterocycles. The molecule has 1 aromatic carbocycles. The van der Waals surface area contributed by atoms with E-state index in [9.17, 15) is 9.59 Å². The highest BCUT2D eigenvalue weighted by atomic mass is 19.1. The number of benzene rings is 1. The monoisotopic (exact) mass is 505 g/mol. The summed E-state index contributed by atoms with van der Waals surface area (Å²) >= 11 is 0. The lowest BCUT2D eigenvalue weighted by atomic mass is 10.0. The van der Waals surface area contributed by atoms with Gasteiger partial charge < -0.3 is 14.5 Å². The minimum absolute atomic E-state index is 0.126. The predicted molar refractivity (Wildman–Crippen MR) is 137 cm³/mol. The van der Waals surface area contributed by atoms with Crippen molar-refractivity contribution in [2.24, 2.45) is 7.05 Å². The zero-order valence-corrected chi connectivity index (χ0v) is 21.4. The molecule has 0 radical (unpaired) electrons. The van der Waals surface area contributed by atoms with Crippen molar-refractivity contribution in [2.45, 2.75) is 46.3 Å². The molecule has 10 heteroatoms. The second kappa shape index (κ2) is 9.02. The molecule has 0 bridgehead atoms. The normalized spacial score (nSPS) is 12.9. The number of aromatic nitrogens is 4. The Labute approximate surface area is 212 Å². The van der Waals surface area contributed by atoms with Gasteiger partial charge in [0.15, 0.2) is 0 Å². The number of pyridine rings is 2. The van der Waals surface area contributed by atoms with Crippen LogP contribution in [0.25, 0.3) is 22.0 Å². The number of aromatic amines is 1. The Morgan fingerprint density at radius 1 is 1.27 bits per heavy atom. The molecule has 1 aliphatic rings. The largest absolute Gasteiger partial charge is 0.493 e.